The Morgan fingerprint density at radius 2 is 1.68 bits per heavy atom. The molecule has 0 unspecified atom stereocenters. The third-order valence-electron chi connectivity index (χ3n) is 8.44. The van der Waals surface area contributed by atoms with Crippen molar-refractivity contribution in [1.82, 2.24) is 0 Å². The van der Waals surface area contributed by atoms with Crippen LogP contribution in [0.4, 0.5) is 17.1 Å². The molecule has 3 aromatic rings. The molecule has 3 aromatic carbocycles. The van der Waals surface area contributed by atoms with E-state index in [1.54, 1.807) is 12.1 Å². The number of carboxylic acid groups (broad SMARTS) is 1. The molecule has 1 aliphatic rings. The van der Waals surface area contributed by atoms with Crippen LogP contribution in [0.2, 0.25) is 0 Å². The number of carbonyl (C=O) groups is 1. The van der Waals surface area contributed by atoms with Gasteiger partial charge in [0.25, 0.3) is 10.1 Å². The zero-order valence-corrected chi connectivity index (χ0v) is 26.7. The normalized spacial score (nSPS) is 15.5. The van der Waals surface area contributed by atoms with Crippen LogP contribution in [0.1, 0.15) is 64.5 Å². The summed E-state index contributed by atoms with van der Waals surface area (Å²) < 4.78 is 33.6. The third kappa shape index (κ3) is 7.31. The number of carboxylic acids is 1. The monoisotopic (exact) mass is 614 g/mol. The highest BCUT2D eigenvalue weighted by Crippen LogP contribution is 2.48. The highest BCUT2D eigenvalue weighted by Gasteiger charge is 2.40. The maximum atomic E-state index is 11.9. The minimum atomic E-state index is -4.36. The van der Waals surface area contributed by atoms with Gasteiger partial charge in [-0.05, 0) is 72.0 Å². The molecule has 0 saturated heterocycles. The van der Waals surface area contributed by atoms with Crippen molar-refractivity contribution < 1.29 is 22.9 Å². The van der Waals surface area contributed by atoms with E-state index in [1.807, 2.05) is 74.5 Å². The number of rotatable bonds is 13. The van der Waals surface area contributed by atoms with Crippen LogP contribution in [0.25, 0.3) is 0 Å². The number of unbranched alkanes of at least 4 members (excludes halogenated alkanes) is 2. The predicted octanol–water partition coefficient (Wildman–Crippen LogP) is 8.39. The number of anilines is 3. The first kappa shape index (κ1) is 32.8. The zero-order valence-electron chi connectivity index (χ0n) is 25.9. The lowest BCUT2D eigenvalue weighted by Crippen LogP contribution is -2.27. The van der Waals surface area contributed by atoms with Crippen molar-refractivity contribution in [2.24, 2.45) is 0 Å². The molecule has 1 heterocycles. The lowest BCUT2D eigenvalue weighted by molar-refractivity contribution is -0.137. The van der Waals surface area contributed by atoms with Gasteiger partial charge in [0.15, 0.2) is 0 Å². The molecule has 0 spiro atoms. The van der Waals surface area contributed by atoms with Crippen LogP contribution in [-0.2, 0) is 25.7 Å². The number of para-hydroxylation sites is 2. The average molecular weight is 615 g/mol. The number of fused-ring (bicyclic) bond motifs is 1. The van der Waals surface area contributed by atoms with E-state index in [9.17, 15) is 17.8 Å². The topological polar surface area (TPSA) is 107 Å². The molecule has 8 heteroatoms. The first-order valence-electron chi connectivity index (χ1n) is 14.8. The number of hydrogen-bond acceptors (Lipinski definition) is 5. The Hall–Kier alpha value is -4.14. The van der Waals surface area contributed by atoms with Crippen molar-refractivity contribution in [2.75, 3.05) is 16.8 Å². The summed E-state index contributed by atoms with van der Waals surface area (Å²) in [4.78, 5) is 13.0. The molecule has 3 N–H and O–H groups in total. The molecule has 0 aliphatic carbocycles. The summed E-state index contributed by atoms with van der Waals surface area (Å²) in [5.74, 6) is -0.803. The van der Waals surface area contributed by atoms with E-state index in [4.69, 9.17) is 5.11 Å². The molecule has 0 saturated carbocycles. The fraction of sp³-hybridized carbons (Fsp3) is 0.306. The van der Waals surface area contributed by atoms with E-state index < -0.39 is 26.9 Å². The summed E-state index contributed by atoms with van der Waals surface area (Å²) in [7, 11) is -4.36. The Bertz CT molecular complexity index is 1690. The lowest BCUT2D eigenvalue weighted by Gasteiger charge is -2.29. The molecule has 0 radical (unpaired) electrons. The smallest absolute Gasteiger partial charge is 0.303 e. The zero-order chi connectivity index (χ0) is 32.1. The van der Waals surface area contributed by atoms with Crippen LogP contribution in [0.5, 0.6) is 0 Å². The summed E-state index contributed by atoms with van der Waals surface area (Å²) >= 11 is 0. The molecular weight excluding hydrogens is 572 g/mol. The van der Waals surface area contributed by atoms with Crippen LogP contribution in [0.3, 0.4) is 0 Å². The van der Waals surface area contributed by atoms with Gasteiger partial charge in [-0.25, -0.2) is 0 Å². The number of nitrogens with zero attached hydrogens (tertiary/aromatic N) is 1. The van der Waals surface area contributed by atoms with Gasteiger partial charge in [-0.1, -0.05) is 89.2 Å². The SMILES string of the molecule is C=C(/C=C/C=C1/N(CCCCCC(=O)O)c2ccc(S(=O)(=O)O)cc2C1(C)C)C(C)(C)c1ccccc1Nc1ccccc1. The van der Waals surface area contributed by atoms with Gasteiger partial charge >= 0.3 is 5.97 Å². The number of aliphatic carboxylic acids is 1. The van der Waals surface area contributed by atoms with Gasteiger partial charge in [0, 0.05) is 46.6 Å². The number of benzene rings is 3. The molecule has 0 fully saturated rings. The molecule has 0 aromatic heterocycles. The summed E-state index contributed by atoms with van der Waals surface area (Å²) in [6, 6.07) is 23.0. The van der Waals surface area contributed by atoms with Crippen molar-refractivity contribution >= 4 is 33.1 Å². The molecule has 0 bridgehead atoms. The second-order valence-electron chi connectivity index (χ2n) is 12.2. The van der Waals surface area contributed by atoms with E-state index in [1.165, 1.54) is 6.07 Å². The van der Waals surface area contributed by atoms with Crippen LogP contribution >= 0.6 is 0 Å². The Labute approximate surface area is 261 Å². The van der Waals surface area contributed by atoms with E-state index in [0.29, 0.717) is 13.0 Å². The Morgan fingerprint density at radius 1 is 1.00 bits per heavy atom. The fourth-order valence-electron chi connectivity index (χ4n) is 5.73. The average Bonchev–Trinajstić information content (AvgIpc) is 3.18. The van der Waals surface area contributed by atoms with Crippen molar-refractivity contribution in [1.29, 1.82) is 0 Å². The van der Waals surface area contributed by atoms with Gasteiger partial charge < -0.3 is 15.3 Å². The van der Waals surface area contributed by atoms with Crippen molar-refractivity contribution in [3.8, 4) is 0 Å². The van der Waals surface area contributed by atoms with Gasteiger partial charge in [-0.15, -0.1) is 0 Å². The Balaban J connectivity index is 1.62. The van der Waals surface area contributed by atoms with Crippen molar-refractivity contribution in [2.45, 2.75) is 69.1 Å². The Morgan fingerprint density at radius 3 is 2.36 bits per heavy atom. The lowest BCUT2D eigenvalue weighted by atomic mass is 9.77. The van der Waals surface area contributed by atoms with E-state index >= 15 is 0 Å². The second kappa shape index (κ2) is 13.2. The maximum absolute atomic E-state index is 11.9. The Kier molecular flexibility index (Phi) is 9.86. The van der Waals surface area contributed by atoms with E-state index in [2.05, 4.69) is 42.8 Å². The largest absolute Gasteiger partial charge is 0.481 e. The minimum absolute atomic E-state index is 0.132. The molecule has 4 rings (SSSR count). The predicted molar refractivity (Wildman–Crippen MR) is 178 cm³/mol. The maximum Gasteiger partial charge on any atom is 0.303 e. The summed E-state index contributed by atoms with van der Waals surface area (Å²) in [6.07, 6.45) is 8.30. The molecular formula is C36H42N2O5S. The van der Waals surface area contributed by atoms with E-state index in [-0.39, 0.29) is 11.3 Å². The molecule has 0 amide bonds. The van der Waals surface area contributed by atoms with Gasteiger partial charge in [-0.2, -0.15) is 8.42 Å². The van der Waals surface area contributed by atoms with Gasteiger partial charge in [0.05, 0.1) is 4.90 Å². The summed E-state index contributed by atoms with van der Waals surface area (Å²) in [5, 5.41) is 12.5. The van der Waals surface area contributed by atoms with E-state index in [0.717, 1.165) is 52.3 Å². The summed E-state index contributed by atoms with van der Waals surface area (Å²) in [6.45, 7) is 13.4. The molecule has 7 nitrogen and oxygen atoms in total. The van der Waals surface area contributed by atoms with Crippen LogP contribution in [0.15, 0.2) is 114 Å². The van der Waals surface area contributed by atoms with Crippen molar-refractivity contribution in [3.05, 3.63) is 120 Å². The van der Waals surface area contributed by atoms with Gasteiger partial charge in [0.2, 0.25) is 0 Å². The molecule has 1 aliphatic heterocycles. The fourth-order valence-corrected chi connectivity index (χ4v) is 6.24. The van der Waals surface area contributed by atoms with Gasteiger partial charge in [0.1, 0.15) is 0 Å². The highest BCUT2D eigenvalue weighted by molar-refractivity contribution is 7.85. The summed E-state index contributed by atoms with van der Waals surface area (Å²) in [5.41, 5.74) is 5.75. The number of nitrogens with one attached hydrogen (secondary N) is 1. The first-order valence-corrected chi connectivity index (χ1v) is 16.3. The molecule has 44 heavy (non-hydrogen) atoms. The third-order valence-corrected chi connectivity index (χ3v) is 9.29. The standard InChI is InChI=1S/C36H42N2O5S/c1-26(35(2,3)29-18-11-12-19-31(29)37-27-16-8-6-9-17-27)15-14-20-33-36(4,5)30-25-28(44(41,42)43)22-23-32(30)38(33)24-13-7-10-21-34(39)40/h6,8-9,11-12,14-20,22-23,25,37H,1,7,10,13,21,24H2,2-5H3,(H,39,40)(H,41,42,43)/b15-14+,33-20+. The molecule has 0 atom stereocenters. The highest BCUT2D eigenvalue weighted by atomic mass is 32.2. The van der Waals surface area contributed by atoms with Crippen LogP contribution in [-0.4, -0.2) is 30.6 Å². The first-order chi connectivity index (χ1) is 20.7. The quantitative estimate of drug-likeness (QED) is 0.101. The van der Waals surface area contributed by atoms with Gasteiger partial charge in [-0.3, -0.25) is 9.35 Å². The number of allylic oxidation sites excluding steroid dienone is 5. The molecule has 232 valence electrons. The number of hydrogen-bond donors (Lipinski definition) is 3. The van der Waals surface area contributed by atoms with Crippen LogP contribution < -0.4 is 10.2 Å². The second-order valence-corrected chi connectivity index (χ2v) is 13.7. The minimum Gasteiger partial charge on any atom is -0.481 e. The van der Waals surface area contributed by atoms with Crippen molar-refractivity contribution in [3.63, 3.8) is 0 Å². The van der Waals surface area contributed by atoms with Crippen LogP contribution in [0, 0.1) is 0 Å².